The van der Waals surface area contributed by atoms with Gasteiger partial charge in [0, 0.05) is 22.3 Å². The van der Waals surface area contributed by atoms with Crippen molar-refractivity contribution in [3.8, 4) is 57.9 Å². The molecule has 210 valence electrons. The molecule has 0 heterocycles. The number of aliphatic imine (C=N–C) groups is 2. The normalized spacial score (nSPS) is 12.4. The molecule has 6 nitrogen and oxygen atoms in total. The molecule has 5 aromatic carbocycles. The average Bonchev–Trinajstić information content (AvgIpc) is 3.36. The number of halogens is 2. The van der Waals surface area contributed by atoms with Crippen LogP contribution in [-0.4, -0.2) is 11.4 Å². The number of fused-ring (bicyclic) bond motifs is 3. The van der Waals surface area contributed by atoms with Gasteiger partial charge in [0.15, 0.2) is 0 Å². The van der Waals surface area contributed by atoms with Crippen LogP contribution < -0.4 is 0 Å². The van der Waals surface area contributed by atoms with E-state index in [4.69, 9.17) is 0 Å². The molecule has 0 atom stereocenters. The highest BCUT2D eigenvalue weighted by Gasteiger charge is 2.27. The number of nitriles is 4. The van der Waals surface area contributed by atoms with E-state index in [2.05, 4.69) is 9.98 Å². The maximum atomic E-state index is 14.0. The van der Waals surface area contributed by atoms with Crippen LogP contribution in [-0.2, 0) is 0 Å². The van der Waals surface area contributed by atoms with Crippen molar-refractivity contribution in [2.24, 2.45) is 9.98 Å². The van der Waals surface area contributed by atoms with Gasteiger partial charge < -0.3 is 0 Å². The minimum atomic E-state index is -0.603. The molecule has 5 aromatic rings. The monoisotopic (exact) mass is 584 g/mol. The van der Waals surface area contributed by atoms with Gasteiger partial charge in [-0.2, -0.15) is 31.0 Å². The fourth-order valence-corrected chi connectivity index (χ4v) is 5.56. The first-order valence-electron chi connectivity index (χ1n) is 13.6. The topological polar surface area (TPSA) is 120 Å². The molecule has 0 aliphatic heterocycles. The van der Waals surface area contributed by atoms with Crippen LogP contribution >= 0.6 is 0 Å². The van der Waals surface area contributed by atoms with E-state index in [-0.39, 0.29) is 11.1 Å². The summed E-state index contributed by atoms with van der Waals surface area (Å²) in [4.78, 5) is 8.31. The van der Waals surface area contributed by atoms with Gasteiger partial charge in [-0.05, 0) is 88.3 Å². The van der Waals surface area contributed by atoms with Gasteiger partial charge in [-0.3, -0.25) is 0 Å². The highest BCUT2D eigenvalue weighted by molar-refractivity contribution is 6.26. The van der Waals surface area contributed by atoms with Crippen LogP contribution in [0.25, 0.3) is 33.4 Å². The third-order valence-corrected chi connectivity index (χ3v) is 7.77. The lowest BCUT2D eigenvalue weighted by Crippen LogP contribution is -2.07. The molecule has 1 aliphatic carbocycles. The summed E-state index contributed by atoms with van der Waals surface area (Å²) in [6.45, 7) is 1.90. The van der Waals surface area contributed by atoms with Crippen LogP contribution in [0.5, 0.6) is 0 Å². The molecule has 0 bridgehead atoms. The Morgan fingerprint density at radius 1 is 0.578 bits per heavy atom. The van der Waals surface area contributed by atoms with Crippen LogP contribution in [0.15, 0.2) is 101 Å². The Labute approximate surface area is 257 Å². The van der Waals surface area contributed by atoms with E-state index in [1.807, 2.05) is 86.0 Å². The van der Waals surface area contributed by atoms with Crippen molar-refractivity contribution in [2.45, 2.75) is 6.92 Å². The molecule has 45 heavy (non-hydrogen) atoms. The SMILES string of the molecule is Cc1ccc(-c2ccc(F)c(C#N)c2)cc1C(=NC#N)c1ccc2c(c1)-c1ccc(-c3ccc(F)c(C#N)c3)cc1C2=NC#N. The first-order chi connectivity index (χ1) is 21.9. The van der Waals surface area contributed by atoms with Crippen LogP contribution in [0.1, 0.15) is 38.9 Å². The van der Waals surface area contributed by atoms with Gasteiger partial charge in [-0.15, -0.1) is 0 Å². The molecule has 0 saturated heterocycles. The molecule has 0 saturated carbocycles. The highest BCUT2D eigenvalue weighted by Crippen LogP contribution is 2.40. The van der Waals surface area contributed by atoms with Gasteiger partial charge >= 0.3 is 0 Å². The van der Waals surface area contributed by atoms with Crippen LogP contribution in [0.2, 0.25) is 0 Å². The second kappa shape index (κ2) is 11.5. The van der Waals surface area contributed by atoms with Crippen molar-refractivity contribution in [1.82, 2.24) is 0 Å². The van der Waals surface area contributed by atoms with Crippen molar-refractivity contribution in [3.05, 3.63) is 142 Å². The standard InChI is InChI=1S/C37H18F2N6/c1-21-2-3-24(22-6-10-34(38)27(12-22)17-40)14-31(21)36(44-19-42)26-5-9-30-32(16-26)29-8-4-25(15-33(29)37(30)45-20-43)23-7-11-35(39)28(13-23)18-41/h2-16H,1H3. The molecular formula is C37H18F2N6. The van der Waals surface area contributed by atoms with Crippen LogP contribution in [0, 0.1) is 64.1 Å². The second-order valence-corrected chi connectivity index (χ2v) is 10.3. The zero-order valence-electron chi connectivity index (χ0n) is 23.6. The summed E-state index contributed by atoms with van der Waals surface area (Å²) >= 11 is 0. The molecule has 0 unspecified atom stereocenters. The summed E-state index contributed by atoms with van der Waals surface area (Å²) in [6, 6.07) is 29.1. The molecular weight excluding hydrogens is 566 g/mol. The third-order valence-electron chi connectivity index (χ3n) is 7.77. The average molecular weight is 585 g/mol. The van der Waals surface area contributed by atoms with Crippen molar-refractivity contribution in [3.63, 3.8) is 0 Å². The molecule has 0 N–H and O–H groups in total. The van der Waals surface area contributed by atoms with Gasteiger partial charge in [0.2, 0.25) is 12.4 Å². The number of aryl methyl sites for hydroxylation is 1. The molecule has 8 heteroatoms. The number of hydrogen-bond acceptors (Lipinski definition) is 6. The molecule has 0 amide bonds. The van der Waals surface area contributed by atoms with Crippen molar-refractivity contribution in [1.29, 1.82) is 21.0 Å². The summed E-state index contributed by atoms with van der Waals surface area (Å²) in [7, 11) is 0. The van der Waals surface area contributed by atoms with Crippen LogP contribution in [0.3, 0.4) is 0 Å². The van der Waals surface area contributed by atoms with E-state index in [1.165, 1.54) is 24.3 Å². The fraction of sp³-hybridized carbons (Fsp3) is 0.0270. The number of nitrogens with zero attached hydrogens (tertiary/aromatic N) is 6. The van der Waals surface area contributed by atoms with Gasteiger partial charge in [0.1, 0.15) is 23.8 Å². The van der Waals surface area contributed by atoms with Crippen LogP contribution in [0.4, 0.5) is 8.78 Å². The Hall–Kier alpha value is -6.74. The van der Waals surface area contributed by atoms with Gasteiger partial charge in [-0.25, -0.2) is 8.78 Å². The zero-order chi connectivity index (χ0) is 31.7. The predicted molar refractivity (Wildman–Crippen MR) is 166 cm³/mol. The lowest BCUT2D eigenvalue weighted by Gasteiger charge is -2.13. The lowest BCUT2D eigenvalue weighted by molar-refractivity contribution is 0.624. The summed E-state index contributed by atoms with van der Waals surface area (Å²) in [6.07, 6.45) is 3.80. The van der Waals surface area contributed by atoms with Gasteiger partial charge in [0.05, 0.1) is 22.6 Å². The van der Waals surface area contributed by atoms with E-state index >= 15 is 0 Å². The van der Waals surface area contributed by atoms with E-state index in [1.54, 1.807) is 12.1 Å². The Kier molecular flexibility index (Phi) is 7.26. The fourth-order valence-electron chi connectivity index (χ4n) is 5.56. The minimum absolute atomic E-state index is 0.0687. The van der Waals surface area contributed by atoms with E-state index in [0.29, 0.717) is 39.2 Å². The maximum Gasteiger partial charge on any atom is 0.206 e. The lowest BCUT2D eigenvalue weighted by atomic mass is 9.91. The Morgan fingerprint density at radius 2 is 1.16 bits per heavy atom. The predicted octanol–water partition coefficient (Wildman–Crippen LogP) is 7.97. The van der Waals surface area contributed by atoms with Crippen molar-refractivity contribution < 1.29 is 8.78 Å². The Balaban J connectivity index is 1.47. The molecule has 6 rings (SSSR count). The van der Waals surface area contributed by atoms with Crippen molar-refractivity contribution >= 4 is 11.4 Å². The third kappa shape index (κ3) is 5.00. The number of rotatable bonds is 4. The van der Waals surface area contributed by atoms with E-state index in [9.17, 15) is 29.8 Å². The van der Waals surface area contributed by atoms with Gasteiger partial charge in [0.25, 0.3) is 0 Å². The van der Waals surface area contributed by atoms with E-state index in [0.717, 1.165) is 33.4 Å². The summed E-state index contributed by atoms with van der Waals surface area (Å²) in [5.74, 6) is -1.20. The quantitative estimate of drug-likeness (QED) is 0.154. The number of benzene rings is 5. The Morgan fingerprint density at radius 3 is 1.78 bits per heavy atom. The maximum absolute atomic E-state index is 14.0. The first-order valence-corrected chi connectivity index (χ1v) is 13.6. The first kappa shape index (κ1) is 28.4. The summed E-state index contributed by atoms with van der Waals surface area (Å²) < 4.78 is 28.0. The smallest absolute Gasteiger partial charge is 0.206 e. The molecule has 0 fully saturated rings. The molecule has 0 aromatic heterocycles. The van der Waals surface area contributed by atoms with E-state index < -0.39 is 11.6 Å². The largest absolute Gasteiger partial charge is 0.206 e. The highest BCUT2D eigenvalue weighted by atomic mass is 19.1. The van der Waals surface area contributed by atoms with Gasteiger partial charge in [-0.1, -0.05) is 48.5 Å². The second-order valence-electron chi connectivity index (χ2n) is 10.3. The zero-order valence-corrected chi connectivity index (χ0v) is 23.6. The number of hydrogen-bond donors (Lipinski definition) is 0. The molecule has 1 aliphatic rings. The summed E-state index contributed by atoms with van der Waals surface area (Å²) in [5.41, 5.74) is 8.69. The minimum Gasteiger partial charge on any atom is -0.206 e. The van der Waals surface area contributed by atoms with Crippen molar-refractivity contribution in [2.75, 3.05) is 0 Å². The Bertz CT molecular complexity index is 2310. The molecule has 0 radical (unpaired) electrons. The summed E-state index contributed by atoms with van der Waals surface area (Å²) in [5, 5.41) is 37.8. The molecule has 0 spiro atoms.